The number of anilines is 2. The minimum Gasteiger partial charge on any atom is -0.373 e. The molecular weight excluding hydrogens is 224 g/mol. The van der Waals surface area contributed by atoms with Crippen molar-refractivity contribution in [2.24, 2.45) is 0 Å². The molecule has 2 N–H and O–H groups in total. The van der Waals surface area contributed by atoms with Crippen LogP contribution in [-0.4, -0.2) is 17.0 Å². The van der Waals surface area contributed by atoms with E-state index < -0.39 is 0 Å². The highest BCUT2D eigenvalue weighted by Crippen LogP contribution is 2.19. The average Bonchev–Trinajstić information content (AvgIpc) is 2.39. The molecule has 1 aromatic heterocycles. The predicted octanol–water partition coefficient (Wildman–Crippen LogP) is 3.00. The van der Waals surface area contributed by atoms with Crippen LogP contribution in [0.5, 0.6) is 0 Å². The Morgan fingerprint density at radius 1 is 1.06 bits per heavy atom. The van der Waals surface area contributed by atoms with E-state index in [4.69, 9.17) is 0 Å². The summed E-state index contributed by atoms with van der Waals surface area (Å²) in [6.45, 7) is 4.21. The van der Waals surface area contributed by atoms with Crippen molar-refractivity contribution in [3.05, 3.63) is 47.8 Å². The number of rotatable bonds is 4. The van der Waals surface area contributed by atoms with E-state index in [1.807, 2.05) is 13.1 Å². The Labute approximate surface area is 107 Å². The monoisotopic (exact) mass is 242 g/mol. The van der Waals surface area contributed by atoms with Gasteiger partial charge in [0.05, 0.1) is 0 Å². The first-order chi connectivity index (χ1) is 8.69. The van der Waals surface area contributed by atoms with Crippen molar-refractivity contribution in [3.63, 3.8) is 0 Å². The van der Waals surface area contributed by atoms with Crippen molar-refractivity contribution in [1.82, 2.24) is 9.97 Å². The molecule has 1 aromatic carbocycles. The third-order valence-electron chi connectivity index (χ3n) is 2.86. The minimum absolute atomic E-state index is 0.213. The van der Waals surface area contributed by atoms with E-state index in [2.05, 4.69) is 58.7 Å². The summed E-state index contributed by atoms with van der Waals surface area (Å²) in [6, 6.07) is 10.6. The summed E-state index contributed by atoms with van der Waals surface area (Å²) in [5, 5.41) is 6.36. The van der Waals surface area contributed by atoms with Crippen LogP contribution < -0.4 is 10.6 Å². The number of hydrogen-bond donors (Lipinski definition) is 2. The molecule has 0 amide bonds. The molecule has 0 spiro atoms. The fourth-order valence-electron chi connectivity index (χ4n) is 1.73. The van der Waals surface area contributed by atoms with E-state index in [-0.39, 0.29) is 6.04 Å². The van der Waals surface area contributed by atoms with Crippen molar-refractivity contribution >= 4 is 11.6 Å². The second kappa shape index (κ2) is 5.49. The summed E-state index contributed by atoms with van der Waals surface area (Å²) in [5.41, 5.74) is 2.51. The van der Waals surface area contributed by atoms with Gasteiger partial charge < -0.3 is 10.6 Å². The highest BCUT2D eigenvalue weighted by atomic mass is 15.1. The highest BCUT2D eigenvalue weighted by Gasteiger charge is 2.06. The molecule has 0 aliphatic rings. The van der Waals surface area contributed by atoms with Gasteiger partial charge >= 0.3 is 0 Å². The summed E-state index contributed by atoms with van der Waals surface area (Å²) >= 11 is 0. The van der Waals surface area contributed by atoms with Gasteiger partial charge in [-0.15, -0.1) is 0 Å². The van der Waals surface area contributed by atoms with E-state index in [0.717, 1.165) is 11.6 Å². The molecule has 4 heteroatoms. The molecular formula is C14H18N4. The second-order valence-electron chi connectivity index (χ2n) is 4.32. The number of hydrogen-bond acceptors (Lipinski definition) is 4. The number of nitrogens with one attached hydrogen (secondary N) is 2. The Morgan fingerprint density at radius 3 is 2.39 bits per heavy atom. The van der Waals surface area contributed by atoms with E-state index in [1.54, 1.807) is 6.33 Å². The molecule has 2 rings (SSSR count). The molecule has 0 aliphatic carbocycles. The van der Waals surface area contributed by atoms with Crippen LogP contribution in [0.25, 0.3) is 0 Å². The number of aromatic nitrogens is 2. The summed E-state index contributed by atoms with van der Waals surface area (Å²) < 4.78 is 0. The van der Waals surface area contributed by atoms with Crippen LogP contribution in [0.2, 0.25) is 0 Å². The zero-order chi connectivity index (χ0) is 13.0. The summed E-state index contributed by atoms with van der Waals surface area (Å²) in [5.74, 6) is 1.63. The summed E-state index contributed by atoms with van der Waals surface area (Å²) in [7, 11) is 1.84. The average molecular weight is 242 g/mol. The van der Waals surface area contributed by atoms with Crippen LogP contribution in [0.15, 0.2) is 36.7 Å². The first kappa shape index (κ1) is 12.4. The van der Waals surface area contributed by atoms with E-state index in [9.17, 15) is 0 Å². The van der Waals surface area contributed by atoms with Crippen molar-refractivity contribution in [1.29, 1.82) is 0 Å². The Morgan fingerprint density at radius 2 is 1.72 bits per heavy atom. The molecule has 0 fully saturated rings. The van der Waals surface area contributed by atoms with E-state index in [0.29, 0.717) is 0 Å². The zero-order valence-corrected chi connectivity index (χ0v) is 10.9. The van der Waals surface area contributed by atoms with Gasteiger partial charge in [-0.3, -0.25) is 0 Å². The minimum atomic E-state index is 0.213. The molecule has 4 nitrogen and oxygen atoms in total. The largest absolute Gasteiger partial charge is 0.373 e. The first-order valence-electron chi connectivity index (χ1n) is 6.02. The third-order valence-corrected chi connectivity index (χ3v) is 2.86. The summed E-state index contributed by atoms with van der Waals surface area (Å²) in [6.07, 6.45) is 1.55. The van der Waals surface area contributed by atoms with Gasteiger partial charge in [0.1, 0.15) is 18.0 Å². The maximum absolute atomic E-state index is 4.21. The molecule has 1 heterocycles. The second-order valence-corrected chi connectivity index (χ2v) is 4.32. The SMILES string of the molecule is CNc1cc(NC(C)c2ccc(C)cc2)ncn1. The molecule has 1 unspecified atom stereocenters. The number of benzene rings is 1. The normalized spacial score (nSPS) is 11.9. The molecule has 18 heavy (non-hydrogen) atoms. The van der Waals surface area contributed by atoms with Crippen LogP contribution in [0.1, 0.15) is 24.1 Å². The first-order valence-corrected chi connectivity index (χ1v) is 6.02. The maximum Gasteiger partial charge on any atom is 0.131 e. The zero-order valence-electron chi connectivity index (χ0n) is 10.9. The Bertz CT molecular complexity index is 507. The van der Waals surface area contributed by atoms with E-state index >= 15 is 0 Å². The Kier molecular flexibility index (Phi) is 3.77. The number of nitrogens with zero attached hydrogens (tertiary/aromatic N) is 2. The van der Waals surface area contributed by atoms with Crippen LogP contribution in [0.4, 0.5) is 11.6 Å². The van der Waals surface area contributed by atoms with Crippen LogP contribution >= 0.6 is 0 Å². The molecule has 94 valence electrons. The molecule has 0 saturated heterocycles. The van der Waals surface area contributed by atoms with Gasteiger partial charge in [-0.1, -0.05) is 29.8 Å². The lowest BCUT2D eigenvalue weighted by Crippen LogP contribution is -2.08. The molecule has 0 bridgehead atoms. The lowest BCUT2D eigenvalue weighted by atomic mass is 10.1. The van der Waals surface area contributed by atoms with Gasteiger partial charge in [0.15, 0.2) is 0 Å². The van der Waals surface area contributed by atoms with Gasteiger partial charge in [0.2, 0.25) is 0 Å². The van der Waals surface area contributed by atoms with Gasteiger partial charge in [-0.05, 0) is 19.4 Å². The Hall–Kier alpha value is -2.10. The molecule has 0 radical (unpaired) electrons. The smallest absolute Gasteiger partial charge is 0.131 e. The van der Waals surface area contributed by atoms with Crippen molar-refractivity contribution in [3.8, 4) is 0 Å². The fraction of sp³-hybridized carbons (Fsp3) is 0.286. The molecule has 0 saturated carbocycles. The van der Waals surface area contributed by atoms with Gasteiger partial charge in [0.25, 0.3) is 0 Å². The van der Waals surface area contributed by atoms with Crippen LogP contribution in [0, 0.1) is 6.92 Å². The van der Waals surface area contributed by atoms with Crippen molar-refractivity contribution in [2.75, 3.05) is 17.7 Å². The fourth-order valence-corrected chi connectivity index (χ4v) is 1.73. The van der Waals surface area contributed by atoms with Gasteiger partial charge in [0, 0.05) is 19.2 Å². The lowest BCUT2D eigenvalue weighted by Gasteiger charge is -2.15. The molecule has 0 aliphatic heterocycles. The highest BCUT2D eigenvalue weighted by molar-refractivity contribution is 5.47. The standard InChI is InChI=1S/C14H18N4/c1-10-4-6-12(7-5-10)11(2)18-14-8-13(15-3)16-9-17-14/h4-9,11H,1-3H3,(H2,15,16,17,18). The Balaban J connectivity index is 2.10. The van der Waals surface area contributed by atoms with Crippen molar-refractivity contribution < 1.29 is 0 Å². The van der Waals surface area contributed by atoms with Crippen molar-refractivity contribution in [2.45, 2.75) is 19.9 Å². The topological polar surface area (TPSA) is 49.8 Å². The van der Waals surface area contributed by atoms with Crippen LogP contribution in [-0.2, 0) is 0 Å². The lowest BCUT2D eigenvalue weighted by molar-refractivity contribution is 0.871. The number of aryl methyl sites for hydroxylation is 1. The van der Waals surface area contributed by atoms with Crippen LogP contribution in [0.3, 0.4) is 0 Å². The maximum atomic E-state index is 4.21. The third kappa shape index (κ3) is 2.97. The van der Waals surface area contributed by atoms with Gasteiger partial charge in [-0.2, -0.15) is 0 Å². The quantitative estimate of drug-likeness (QED) is 0.865. The summed E-state index contributed by atoms with van der Waals surface area (Å²) in [4.78, 5) is 8.30. The van der Waals surface area contributed by atoms with Gasteiger partial charge in [-0.25, -0.2) is 9.97 Å². The molecule has 2 aromatic rings. The predicted molar refractivity (Wildman–Crippen MR) is 74.8 cm³/mol. The van der Waals surface area contributed by atoms with E-state index in [1.165, 1.54) is 11.1 Å². The molecule has 1 atom stereocenters.